The average molecular weight is 360 g/mol. The van der Waals surface area contributed by atoms with E-state index < -0.39 is 0 Å². The number of rotatable bonds is 5. The summed E-state index contributed by atoms with van der Waals surface area (Å²) in [5.41, 5.74) is 4.95. The van der Waals surface area contributed by atoms with Gasteiger partial charge < -0.3 is 9.41 Å². The van der Waals surface area contributed by atoms with Crippen molar-refractivity contribution in [2.75, 3.05) is 0 Å². The Morgan fingerprint density at radius 2 is 1.68 bits per heavy atom. The summed E-state index contributed by atoms with van der Waals surface area (Å²) in [5.74, 6) is -0.327. The first-order chi connectivity index (χ1) is 8.30. The van der Waals surface area contributed by atoms with Crippen molar-refractivity contribution in [2.24, 2.45) is 0 Å². The van der Waals surface area contributed by atoms with E-state index in [4.69, 9.17) is 0 Å². The molecule has 0 saturated carbocycles. The van der Waals surface area contributed by atoms with Gasteiger partial charge in [-0.2, -0.15) is 0 Å². The summed E-state index contributed by atoms with van der Waals surface area (Å²) >= 11 is -0.202. The predicted octanol–water partition coefficient (Wildman–Crippen LogP) is -1.61. The van der Waals surface area contributed by atoms with Gasteiger partial charge in [0.25, 0.3) is 0 Å². The second-order valence-corrected chi connectivity index (χ2v) is 18.1. The summed E-state index contributed by atoms with van der Waals surface area (Å²) in [7, 11) is 0. The Balaban J connectivity index is 0.00000162. The van der Waals surface area contributed by atoms with E-state index in [0.29, 0.717) is 0 Å². The van der Waals surface area contributed by atoms with Gasteiger partial charge in [-0.15, -0.1) is 0 Å². The molecule has 0 radical (unpaired) electrons. The van der Waals surface area contributed by atoms with Crippen molar-refractivity contribution < 1.29 is 31.8 Å². The van der Waals surface area contributed by atoms with Crippen molar-refractivity contribution in [3.63, 3.8) is 0 Å². The molecular formula is C15H22F2SiZr. The second-order valence-electron chi connectivity index (χ2n) is 4.81. The molecule has 1 atom stereocenters. The summed E-state index contributed by atoms with van der Waals surface area (Å²) in [4.78, 5) is 0. The molecule has 1 aromatic rings. The van der Waals surface area contributed by atoms with Crippen LogP contribution in [0, 0.1) is 0 Å². The Morgan fingerprint density at radius 1 is 1.05 bits per heavy atom. The normalized spacial score (nSPS) is 16.0. The van der Waals surface area contributed by atoms with Crippen molar-refractivity contribution in [3.8, 4) is 0 Å². The molecule has 2 rings (SSSR count). The van der Waals surface area contributed by atoms with Gasteiger partial charge in [-0.25, -0.2) is 0 Å². The molecule has 0 nitrogen and oxygen atoms in total. The zero-order chi connectivity index (χ0) is 12.3. The summed E-state index contributed by atoms with van der Waals surface area (Å²) in [6.07, 6.45) is 3.74. The molecule has 0 N–H and O–H groups in total. The minimum absolute atomic E-state index is 0. The molecule has 4 heteroatoms. The molecular weight excluding hydrogens is 337 g/mol. The van der Waals surface area contributed by atoms with Gasteiger partial charge >= 0.3 is 118 Å². The van der Waals surface area contributed by atoms with Crippen LogP contribution in [0.3, 0.4) is 0 Å². The maximum atomic E-state index is 2.48. The first-order valence-corrected chi connectivity index (χ1v) is 14.7. The number of fused-ring (bicyclic) bond motifs is 1. The smallest absolute Gasteiger partial charge is 1.00 e. The molecule has 0 fully saturated rings. The van der Waals surface area contributed by atoms with Gasteiger partial charge in [0.05, 0.1) is 0 Å². The van der Waals surface area contributed by atoms with Crippen LogP contribution in [-0.2, 0) is 22.4 Å². The molecule has 104 valence electrons. The van der Waals surface area contributed by atoms with Crippen molar-refractivity contribution in [2.45, 2.75) is 42.9 Å². The van der Waals surface area contributed by atoms with Crippen LogP contribution in [-0.4, -0.2) is 5.92 Å². The topological polar surface area (TPSA) is 0 Å². The summed E-state index contributed by atoms with van der Waals surface area (Å²) in [6, 6.07) is 12.2. The van der Waals surface area contributed by atoms with E-state index in [1.54, 1.807) is 11.1 Å². The number of hydrogen-bond donors (Lipinski definition) is 0. The van der Waals surface area contributed by atoms with Crippen LogP contribution in [0.5, 0.6) is 0 Å². The Kier molecular flexibility index (Phi) is 8.93. The van der Waals surface area contributed by atoms with Gasteiger partial charge in [-0.3, -0.25) is 0 Å². The Morgan fingerprint density at radius 3 is 2.26 bits per heavy atom. The van der Waals surface area contributed by atoms with E-state index in [1.165, 1.54) is 24.1 Å². The third kappa shape index (κ3) is 4.19. The fraction of sp³-hybridized carbons (Fsp3) is 0.467. The van der Waals surface area contributed by atoms with E-state index in [1.807, 2.05) is 0 Å². The molecule has 1 aromatic carbocycles. The summed E-state index contributed by atoms with van der Waals surface area (Å²) in [5, 5.41) is 0. The molecule has 0 bridgehead atoms. The van der Waals surface area contributed by atoms with Crippen molar-refractivity contribution >= 4 is 12.0 Å². The maximum Gasteiger partial charge on any atom is -1.00 e. The molecule has 0 heterocycles. The molecule has 1 unspecified atom stereocenters. The molecule has 19 heavy (non-hydrogen) atoms. The zero-order valence-corrected chi connectivity index (χ0v) is 15.5. The van der Waals surface area contributed by atoms with E-state index in [0.717, 1.165) is 3.63 Å². The third-order valence-electron chi connectivity index (χ3n) is 3.81. The first kappa shape index (κ1) is 18.9. The fourth-order valence-corrected chi connectivity index (χ4v) is 15.8. The number of hydrogen-bond acceptors (Lipinski definition) is 0. The van der Waals surface area contributed by atoms with E-state index in [9.17, 15) is 0 Å². The van der Waals surface area contributed by atoms with E-state index in [-0.39, 0.29) is 37.7 Å². The third-order valence-corrected chi connectivity index (χ3v) is 20.2. The Bertz CT molecular complexity index is 416. The van der Waals surface area contributed by atoms with Crippen LogP contribution in [0.25, 0.3) is 6.08 Å². The first-order valence-electron chi connectivity index (χ1n) is 6.85. The molecule has 1 aliphatic carbocycles. The molecule has 1 aliphatic rings. The molecule has 0 aromatic heterocycles. The number of allylic oxidation sites excluding steroid dienone is 1. The summed E-state index contributed by atoms with van der Waals surface area (Å²) < 4.78 is 0.927. The number of halogens is 2. The van der Waals surface area contributed by atoms with Crippen LogP contribution in [0.1, 0.15) is 41.9 Å². The minimum atomic E-state index is -0.327. The SMILES string of the molecule is CCC1=Cc2ccccc2[CH]1[Zr+2][SiH](CC)CC.[F-].[F-]. The molecule has 0 amide bonds. The predicted molar refractivity (Wildman–Crippen MR) is 75.6 cm³/mol. The van der Waals surface area contributed by atoms with Crippen molar-refractivity contribution in [3.05, 3.63) is 41.0 Å². The van der Waals surface area contributed by atoms with Crippen LogP contribution in [0.15, 0.2) is 29.8 Å². The zero-order valence-electron chi connectivity index (χ0n) is 11.9. The quantitative estimate of drug-likeness (QED) is 0.555. The molecule has 0 spiro atoms. The number of benzene rings is 1. The van der Waals surface area contributed by atoms with Gasteiger partial charge in [0.2, 0.25) is 0 Å². The van der Waals surface area contributed by atoms with Crippen LogP contribution >= 0.6 is 0 Å². The van der Waals surface area contributed by atoms with Crippen LogP contribution in [0.2, 0.25) is 12.1 Å². The summed E-state index contributed by atoms with van der Waals surface area (Å²) in [6.45, 7) is 7.19. The largest absolute Gasteiger partial charge is 1.00 e. The van der Waals surface area contributed by atoms with E-state index >= 15 is 0 Å². The van der Waals surface area contributed by atoms with Crippen LogP contribution in [0.4, 0.5) is 0 Å². The van der Waals surface area contributed by atoms with Crippen molar-refractivity contribution in [1.29, 1.82) is 0 Å². The standard InChI is InChI=1S/C11H11.C4H11Si.2FH.Zr/c1-2-9-7-10-5-3-4-6-11(10)8-9;1-3-5-4-2;;;/h3-8H,2H2,1H3;5H,3-4H2,1-2H3;2*1H;/q;;;;+2/p-2. The Hall–Kier alpha value is -0.0800. The fourth-order valence-electron chi connectivity index (χ4n) is 2.65. The van der Waals surface area contributed by atoms with Gasteiger partial charge in [0.1, 0.15) is 0 Å². The average Bonchev–Trinajstić information content (AvgIpc) is 2.73. The van der Waals surface area contributed by atoms with Crippen molar-refractivity contribution in [1.82, 2.24) is 0 Å². The maximum absolute atomic E-state index is 2.48. The van der Waals surface area contributed by atoms with Crippen LogP contribution < -0.4 is 9.41 Å². The van der Waals surface area contributed by atoms with Gasteiger partial charge in [0, 0.05) is 0 Å². The molecule has 0 aliphatic heterocycles. The van der Waals surface area contributed by atoms with Gasteiger partial charge in [-0.1, -0.05) is 0 Å². The molecule has 0 saturated heterocycles. The van der Waals surface area contributed by atoms with Gasteiger partial charge in [-0.05, 0) is 0 Å². The van der Waals surface area contributed by atoms with Gasteiger partial charge in [0.15, 0.2) is 0 Å². The monoisotopic (exact) mass is 358 g/mol. The minimum Gasteiger partial charge on any atom is -1.00 e. The van der Waals surface area contributed by atoms with E-state index in [2.05, 4.69) is 51.1 Å². The second kappa shape index (κ2) is 8.97. The Labute approximate surface area is 127 Å².